The maximum atomic E-state index is 13.9. The second-order valence-electron chi connectivity index (χ2n) is 7.21. The second kappa shape index (κ2) is 10.9. The van der Waals surface area contributed by atoms with E-state index in [0.29, 0.717) is 23.2 Å². The van der Waals surface area contributed by atoms with Crippen LogP contribution in [0.4, 0.5) is 14.5 Å². The number of benzene rings is 2. The van der Waals surface area contributed by atoms with Crippen molar-refractivity contribution in [3.63, 3.8) is 0 Å². The van der Waals surface area contributed by atoms with E-state index in [-0.39, 0.29) is 17.2 Å². The summed E-state index contributed by atoms with van der Waals surface area (Å²) in [4.78, 5) is 24.8. The number of thioether (sulfide) groups is 1. The van der Waals surface area contributed by atoms with Crippen LogP contribution in [0, 0.1) is 18.6 Å². The van der Waals surface area contributed by atoms with Crippen molar-refractivity contribution in [2.75, 3.05) is 11.1 Å². The van der Waals surface area contributed by atoms with E-state index in [4.69, 9.17) is 0 Å². The Morgan fingerprint density at radius 1 is 1.21 bits per heavy atom. The molecule has 0 fully saturated rings. The number of aromatic nitrogens is 3. The highest BCUT2D eigenvalue weighted by Gasteiger charge is 2.21. The van der Waals surface area contributed by atoms with Gasteiger partial charge >= 0.3 is 0 Å². The largest absolute Gasteiger partial charge is 0.342 e. The van der Waals surface area contributed by atoms with E-state index < -0.39 is 23.6 Å². The SMILES string of the molecule is C=CCn1c(SCC(=O)Nc2cc(F)ccc2C)nnc1[C@H](C)NC(=O)c1ccccc1F. The van der Waals surface area contributed by atoms with Gasteiger partial charge in [-0.2, -0.15) is 0 Å². The number of anilines is 1. The average molecular weight is 472 g/mol. The molecule has 0 aliphatic rings. The Morgan fingerprint density at radius 3 is 2.70 bits per heavy atom. The number of aryl methyl sites for hydroxylation is 1. The predicted molar refractivity (Wildman–Crippen MR) is 123 cm³/mol. The van der Waals surface area contributed by atoms with Crippen molar-refractivity contribution < 1.29 is 18.4 Å². The van der Waals surface area contributed by atoms with Crippen LogP contribution in [0.2, 0.25) is 0 Å². The van der Waals surface area contributed by atoms with Gasteiger partial charge in [-0.3, -0.25) is 9.59 Å². The fourth-order valence-electron chi connectivity index (χ4n) is 3.06. The van der Waals surface area contributed by atoms with Crippen LogP contribution >= 0.6 is 11.8 Å². The number of rotatable bonds is 9. The van der Waals surface area contributed by atoms with Crippen molar-refractivity contribution in [3.8, 4) is 0 Å². The van der Waals surface area contributed by atoms with Gasteiger partial charge in [0.25, 0.3) is 5.91 Å². The van der Waals surface area contributed by atoms with Gasteiger partial charge in [0.2, 0.25) is 5.91 Å². The molecule has 0 bridgehead atoms. The normalized spacial score (nSPS) is 11.6. The molecule has 10 heteroatoms. The van der Waals surface area contributed by atoms with E-state index >= 15 is 0 Å². The molecule has 2 N–H and O–H groups in total. The van der Waals surface area contributed by atoms with Gasteiger partial charge < -0.3 is 15.2 Å². The Kier molecular flexibility index (Phi) is 7.94. The average Bonchev–Trinajstić information content (AvgIpc) is 3.18. The summed E-state index contributed by atoms with van der Waals surface area (Å²) in [5.41, 5.74) is 1.07. The Labute approximate surface area is 194 Å². The molecule has 2 amide bonds. The summed E-state index contributed by atoms with van der Waals surface area (Å²) in [6.07, 6.45) is 1.64. The predicted octanol–water partition coefficient (Wildman–Crippen LogP) is 4.27. The van der Waals surface area contributed by atoms with Crippen LogP contribution < -0.4 is 10.6 Å². The van der Waals surface area contributed by atoms with Crippen LogP contribution in [-0.2, 0) is 11.3 Å². The Morgan fingerprint density at radius 2 is 1.97 bits per heavy atom. The zero-order valence-electron chi connectivity index (χ0n) is 18.1. The first-order chi connectivity index (χ1) is 15.8. The van der Waals surface area contributed by atoms with Crippen molar-refractivity contribution in [1.29, 1.82) is 0 Å². The molecule has 0 saturated heterocycles. The molecule has 0 radical (unpaired) electrons. The minimum absolute atomic E-state index is 0.0151. The van der Waals surface area contributed by atoms with E-state index in [0.717, 1.165) is 17.3 Å². The smallest absolute Gasteiger partial charge is 0.254 e. The highest BCUT2D eigenvalue weighted by molar-refractivity contribution is 7.99. The highest BCUT2D eigenvalue weighted by Crippen LogP contribution is 2.22. The first-order valence-electron chi connectivity index (χ1n) is 10.1. The fraction of sp³-hybridized carbons (Fsp3) is 0.217. The summed E-state index contributed by atoms with van der Waals surface area (Å²) in [6.45, 7) is 7.55. The van der Waals surface area contributed by atoms with Crippen molar-refractivity contribution in [2.24, 2.45) is 0 Å². The van der Waals surface area contributed by atoms with Crippen molar-refractivity contribution in [1.82, 2.24) is 20.1 Å². The summed E-state index contributed by atoms with van der Waals surface area (Å²) >= 11 is 1.14. The minimum Gasteiger partial charge on any atom is -0.342 e. The van der Waals surface area contributed by atoms with Crippen molar-refractivity contribution in [3.05, 3.63) is 83.7 Å². The monoisotopic (exact) mass is 471 g/mol. The molecule has 0 unspecified atom stereocenters. The third-order valence-electron chi connectivity index (χ3n) is 4.72. The van der Waals surface area contributed by atoms with E-state index in [1.165, 1.54) is 30.3 Å². The number of carbonyl (C=O) groups excluding carboxylic acids is 2. The van der Waals surface area contributed by atoms with Gasteiger partial charge in [0, 0.05) is 12.2 Å². The van der Waals surface area contributed by atoms with Crippen molar-refractivity contribution in [2.45, 2.75) is 31.6 Å². The third kappa shape index (κ3) is 6.04. The summed E-state index contributed by atoms with van der Waals surface area (Å²) in [5.74, 6) is -1.52. The quantitative estimate of drug-likeness (QED) is 0.359. The Balaban J connectivity index is 1.69. The molecule has 0 aliphatic heterocycles. The van der Waals surface area contributed by atoms with E-state index in [9.17, 15) is 18.4 Å². The second-order valence-corrected chi connectivity index (χ2v) is 8.15. The molecule has 3 aromatic rings. The summed E-state index contributed by atoms with van der Waals surface area (Å²) in [7, 11) is 0. The van der Waals surface area contributed by atoms with Crippen LogP contribution in [0.1, 0.15) is 34.7 Å². The minimum atomic E-state index is -0.620. The fourth-order valence-corrected chi connectivity index (χ4v) is 3.81. The molecule has 172 valence electrons. The van der Waals surface area contributed by atoms with Gasteiger partial charge in [-0.15, -0.1) is 16.8 Å². The summed E-state index contributed by atoms with van der Waals surface area (Å²) in [6, 6.07) is 9.28. The lowest BCUT2D eigenvalue weighted by molar-refractivity contribution is -0.113. The zero-order chi connectivity index (χ0) is 24.0. The molecule has 1 heterocycles. The van der Waals surface area contributed by atoms with Gasteiger partial charge in [-0.1, -0.05) is 36.0 Å². The number of nitrogens with zero attached hydrogens (tertiary/aromatic N) is 3. The highest BCUT2D eigenvalue weighted by atomic mass is 32.2. The van der Waals surface area contributed by atoms with Crippen LogP contribution in [0.3, 0.4) is 0 Å². The van der Waals surface area contributed by atoms with Gasteiger partial charge in [0.05, 0.1) is 17.4 Å². The lowest BCUT2D eigenvalue weighted by atomic mass is 10.2. The third-order valence-corrected chi connectivity index (χ3v) is 5.68. The van der Waals surface area contributed by atoms with Gasteiger partial charge in [-0.05, 0) is 43.7 Å². The van der Waals surface area contributed by atoms with Gasteiger partial charge in [0.1, 0.15) is 11.6 Å². The van der Waals surface area contributed by atoms with Crippen LogP contribution in [0.5, 0.6) is 0 Å². The molecule has 7 nitrogen and oxygen atoms in total. The van der Waals surface area contributed by atoms with Gasteiger partial charge in [0.15, 0.2) is 11.0 Å². The number of nitrogens with one attached hydrogen (secondary N) is 2. The molecule has 1 aromatic heterocycles. The molecule has 1 atom stereocenters. The molecular formula is C23H23F2N5O2S. The lowest BCUT2D eigenvalue weighted by Crippen LogP contribution is -2.29. The molecular weight excluding hydrogens is 448 g/mol. The van der Waals surface area contributed by atoms with E-state index in [2.05, 4.69) is 27.4 Å². The molecule has 0 spiro atoms. The van der Waals surface area contributed by atoms with Crippen molar-refractivity contribution >= 4 is 29.3 Å². The number of allylic oxidation sites excluding steroid dienone is 1. The van der Waals surface area contributed by atoms with Crippen LogP contribution in [-0.4, -0.2) is 32.3 Å². The van der Waals surface area contributed by atoms with E-state index in [1.54, 1.807) is 36.6 Å². The number of hydrogen-bond donors (Lipinski definition) is 2. The molecule has 0 saturated carbocycles. The maximum Gasteiger partial charge on any atom is 0.254 e. The standard InChI is InChI=1S/C23H23F2N5O2S/c1-4-11-30-21(15(3)26-22(32)17-7-5-6-8-18(17)25)28-29-23(30)33-13-20(31)27-19-12-16(24)10-9-14(19)2/h4-10,12,15H,1,11,13H2,2-3H3,(H,26,32)(H,27,31)/t15-/m0/s1. The molecule has 2 aromatic carbocycles. The first kappa shape index (κ1) is 24.1. The molecule has 0 aliphatic carbocycles. The zero-order valence-corrected chi connectivity index (χ0v) is 19.0. The summed E-state index contributed by atoms with van der Waals surface area (Å²) in [5, 5.41) is 14.1. The number of hydrogen-bond acceptors (Lipinski definition) is 5. The number of halogens is 2. The number of amides is 2. The molecule has 3 rings (SSSR count). The van der Waals surface area contributed by atoms with Gasteiger partial charge in [-0.25, -0.2) is 8.78 Å². The molecule has 33 heavy (non-hydrogen) atoms. The first-order valence-corrected chi connectivity index (χ1v) is 11.1. The number of carbonyl (C=O) groups is 2. The van der Waals surface area contributed by atoms with Crippen LogP contribution in [0.25, 0.3) is 0 Å². The maximum absolute atomic E-state index is 13.9. The lowest BCUT2D eigenvalue weighted by Gasteiger charge is -2.15. The topological polar surface area (TPSA) is 88.9 Å². The Hall–Kier alpha value is -3.53. The summed E-state index contributed by atoms with van der Waals surface area (Å²) < 4.78 is 29.1. The van der Waals surface area contributed by atoms with E-state index in [1.807, 2.05) is 0 Å². The van der Waals surface area contributed by atoms with Crippen LogP contribution in [0.15, 0.2) is 60.3 Å². The Bertz CT molecular complexity index is 1180.